The van der Waals surface area contributed by atoms with Crippen molar-refractivity contribution in [2.24, 2.45) is 0 Å². The van der Waals surface area contributed by atoms with E-state index in [4.69, 9.17) is 0 Å². The van der Waals surface area contributed by atoms with Gasteiger partial charge in [0.2, 0.25) is 0 Å². The van der Waals surface area contributed by atoms with Crippen LogP contribution in [0.4, 0.5) is 8.78 Å². The molecule has 3 aromatic heterocycles. The molecule has 0 saturated carbocycles. The molecule has 0 radical (unpaired) electrons. The van der Waals surface area contributed by atoms with Crippen LogP contribution in [0, 0.1) is 11.6 Å². The second kappa shape index (κ2) is 6.72. The molecule has 0 fully saturated rings. The highest BCUT2D eigenvalue weighted by molar-refractivity contribution is 7.98. The molecular weight excluding hydrogens is 358 g/mol. The van der Waals surface area contributed by atoms with E-state index in [1.54, 1.807) is 24.5 Å². The molecule has 3 heterocycles. The third-order valence-corrected chi connectivity index (χ3v) is 4.83. The molecule has 0 amide bonds. The molecule has 0 bridgehead atoms. The Balaban J connectivity index is 1.65. The lowest BCUT2D eigenvalue weighted by molar-refractivity contribution is 0.491. The summed E-state index contributed by atoms with van der Waals surface area (Å²) >= 11 is 1.09. The number of thioether (sulfide) groups is 1. The molecule has 1 aromatic carbocycles. The van der Waals surface area contributed by atoms with Gasteiger partial charge in [-0.3, -0.25) is 14.9 Å². The van der Waals surface area contributed by atoms with Crippen LogP contribution in [0.25, 0.3) is 16.9 Å². The van der Waals surface area contributed by atoms with Crippen LogP contribution < -0.4 is 5.56 Å². The standard InChI is InChI=1S/C18H12F2N4OS/c19-13-4-1-5-15(18(13)20)26-10-12-7-17(25)24-16(22-12)8-14(23-24)11-3-2-6-21-9-11/h1-9,23H,10H2. The van der Waals surface area contributed by atoms with Gasteiger partial charge >= 0.3 is 0 Å². The smallest absolute Gasteiger partial charge is 0.272 e. The molecule has 1 N–H and O–H groups in total. The largest absolute Gasteiger partial charge is 0.289 e. The lowest BCUT2D eigenvalue weighted by Gasteiger charge is -2.03. The maximum Gasteiger partial charge on any atom is 0.272 e. The van der Waals surface area contributed by atoms with Crippen molar-refractivity contribution in [1.82, 2.24) is 19.6 Å². The Bertz CT molecular complexity index is 1140. The number of nitrogens with one attached hydrogen (secondary N) is 1. The van der Waals surface area contributed by atoms with Crippen molar-refractivity contribution in [3.8, 4) is 11.3 Å². The number of rotatable bonds is 4. The lowest BCUT2D eigenvalue weighted by Crippen LogP contribution is -2.15. The maximum absolute atomic E-state index is 13.7. The second-order valence-electron chi connectivity index (χ2n) is 5.53. The summed E-state index contributed by atoms with van der Waals surface area (Å²) in [6.45, 7) is 0. The number of benzene rings is 1. The van der Waals surface area contributed by atoms with Gasteiger partial charge in [-0.05, 0) is 24.3 Å². The Labute approximate surface area is 150 Å². The Morgan fingerprint density at radius 1 is 1.15 bits per heavy atom. The van der Waals surface area contributed by atoms with Gasteiger partial charge in [-0.2, -0.15) is 0 Å². The molecule has 0 atom stereocenters. The van der Waals surface area contributed by atoms with E-state index in [-0.39, 0.29) is 16.2 Å². The number of H-pyrrole nitrogens is 1. The predicted molar refractivity (Wildman–Crippen MR) is 95.0 cm³/mol. The van der Waals surface area contributed by atoms with E-state index in [0.717, 1.165) is 23.4 Å². The molecule has 4 aromatic rings. The fraction of sp³-hybridized carbons (Fsp3) is 0.0556. The number of aromatic amines is 1. The van der Waals surface area contributed by atoms with Gasteiger partial charge in [0.25, 0.3) is 5.56 Å². The highest BCUT2D eigenvalue weighted by Crippen LogP contribution is 2.26. The van der Waals surface area contributed by atoms with Crippen LogP contribution >= 0.6 is 11.8 Å². The van der Waals surface area contributed by atoms with Crippen molar-refractivity contribution < 1.29 is 8.78 Å². The third-order valence-electron chi connectivity index (χ3n) is 3.77. The van der Waals surface area contributed by atoms with Gasteiger partial charge in [0.15, 0.2) is 17.3 Å². The Morgan fingerprint density at radius 3 is 2.85 bits per heavy atom. The summed E-state index contributed by atoms with van der Waals surface area (Å²) in [6, 6.07) is 10.8. The summed E-state index contributed by atoms with van der Waals surface area (Å²) in [7, 11) is 0. The van der Waals surface area contributed by atoms with Crippen molar-refractivity contribution >= 4 is 17.4 Å². The summed E-state index contributed by atoms with van der Waals surface area (Å²) in [6.07, 6.45) is 3.34. The zero-order valence-electron chi connectivity index (χ0n) is 13.3. The van der Waals surface area contributed by atoms with Crippen LogP contribution in [0.1, 0.15) is 5.69 Å². The quantitative estimate of drug-likeness (QED) is 0.557. The number of nitrogens with zero attached hydrogens (tertiary/aromatic N) is 3. The van der Waals surface area contributed by atoms with E-state index >= 15 is 0 Å². The fourth-order valence-electron chi connectivity index (χ4n) is 2.53. The average molecular weight is 370 g/mol. The van der Waals surface area contributed by atoms with Gasteiger partial charge in [-0.25, -0.2) is 18.3 Å². The molecule has 26 heavy (non-hydrogen) atoms. The summed E-state index contributed by atoms with van der Waals surface area (Å²) in [5.74, 6) is -1.54. The van der Waals surface area contributed by atoms with Crippen molar-refractivity contribution in [3.05, 3.63) is 82.5 Å². The van der Waals surface area contributed by atoms with E-state index in [1.807, 2.05) is 6.07 Å². The highest BCUT2D eigenvalue weighted by atomic mass is 32.2. The molecular formula is C18H12F2N4OS. The summed E-state index contributed by atoms with van der Waals surface area (Å²) in [5.41, 5.74) is 2.20. The van der Waals surface area contributed by atoms with E-state index in [9.17, 15) is 13.6 Å². The minimum Gasteiger partial charge on any atom is -0.289 e. The van der Waals surface area contributed by atoms with Crippen LogP contribution in [-0.4, -0.2) is 19.6 Å². The first-order chi connectivity index (χ1) is 12.6. The minimum atomic E-state index is -0.898. The van der Waals surface area contributed by atoms with Crippen LogP contribution in [0.5, 0.6) is 0 Å². The van der Waals surface area contributed by atoms with E-state index in [2.05, 4.69) is 15.1 Å². The van der Waals surface area contributed by atoms with Gasteiger partial charge in [0, 0.05) is 40.7 Å². The first-order valence-corrected chi connectivity index (χ1v) is 8.69. The third kappa shape index (κ3) is 3.11. The molecule has 0 aliphatic carbocycles. The van der Waals surface area contributed by atoms with E-state index < -0.39 is 11.6 Å². The van der Waals surface area contributed by atoms with Crippen LogP contribution in [-0.2, 0) is 5.75 Å². The SMILES string of the molecule is O=c1cc(CSc2cccc(F)c2F)nc2cc(-c3cccnc3)[nH]n12. The average Bonchev–Trinajstić information content (AvgIpc) is 3.08. The summed E-state index contributed by atoms with van der Waals surface area (Å²) in [4.78, 5) is 21.0. The second-order valence-corrected chi connectivity index (χ2v) is 6.55. The van der Waals surface area contributed by atoms with Crippen molar-refractivity contribution in [2.45, 2.75) is 10.6 Å². The van der Waals surface area contributed by atoms with Crippen molar-refractivity contribution in [1.29, 1.82) is 0 Å². The van der Waals surface area contributed by atoms with Gasteiger partial charge in [-0.15, -0.1) is 11.8 Å². The van der Waals surface area contributed by atoms with Gasteiger partial charge in [-0.1, -0.05) is 6.07 Å². The zero-order valence-corrected chi connectivity index (χ0v) is 14.1. The number of aromatic nitrogens is 4. The van der Waals surface area contributed by atoms with Crippen LogP contribution in [0.3, 0.4) is 0 Å². The molecule has 4 rings (SSSR count). The first kappa shape index (κ1) is 16.5. The number of halogens is 2. The molecule has 130 valence electrons. The molecule has 0 unspecified atom stereocenters. The normalized spacial score (nSPS) is 11.2. The molecule has 0 saturated heterocycles. The van der Waals surface area contributed by atoms with Gasteiger partial charge in [0.05, 0.1) is 11.4 Å². The Morgan fingerprint density at radius 2 is 2.04 bits per heavy atom. The van der Waals surface area contributed by atoms with Crippen molar-refractivity contribution in [3.63, 3.8) is 0 Å². The molecule has 5 nitrogen and oxygen atoms in total. The van der Waals surface area contributed by atoms with Crippen LogP contribution in [0.15, 0.2) is 64.5 Å². The number of hydrogen-bond acceptors (Lipinski definition) is 4. The van der Waals surface area contributed by atoms with Gasteiger partial charge < -0.3 is 0 Å². The van der Waals surface area contributed by atoms with Crippen LogP contribution in [0.2, 0.25) is 0 Å². The monoisotopic (exact) mass is 370 g/mol. The Hall–Kier alpha value is -3.00. The maximum atomic E-state index is 13.7. The molecule has 0 spiro atoms. The first-order valence-electron chi connectivity index (χ1n) is 7.71. The fourth-order valence-corrected chi connectivity index (χ4v) is 3.38. The summed E-state index contributed by atoms with van der Waals surface area (Å²) in [5, 5.41) is 2.98. The number of hydrogen-bond donors (Lipinski definition) is 1. The zero-order chi connectivity index (χ0) is 18.1. The molecule has 8 heteroatoms. The number of pyridine rings is 1. The predicted octanol–water partition coefficient (Wildman–Crippen LogP) is 3.66. The number of fused-ring (bicyclic) bond motifs is 1. The molecule has 0 aliphatic heterocycles. The Kier molecular flexibility index (Phi) is 4.26. The molecule has 0 aliphatic rings. The van der Waals surface area contributed by atoms with E-state index in [0.29, 0.717) is 17.0 Å². The lowest BCUT2D eigenvalue weighted by atomic mass is 10.2. The highest BCUT2D eigenvalue weighted by Gasteiger charge is 2.11. The minimum absolute atomic E-state index is 0.178. The summed E-state index contributed by atoms with van der Waals surface area (Å²) < 4.78 is 28.3. The van der Waals surface area contributed by atoms with Gasteiger partial charge in [0.1, 0.15) is 0 Å². The van der Waals surface area contributed by atoms with E-state index in [1.165, 1.54) is 22.7 Å². The topological polar surface area (TPSA) is 63.0 Å². The van der Waals surface area contributed by atoms with Crippen molar-refractivity contribution in [2.75, 3.05) is 0 Å².